The highest BCUT2D eigenvalue weighted by Gasteiger charge is 2.10. The average Bonchev–Trinajstić information content (AvgIpc) is 2.25. The monoisotopic (exact) mass is 206 g/mol. The number of ether oxygens (including phenoxy) is 1. The van der Waals surface area contributed by atoms with E-state index in [0.29, 0.717) is 5.56 Å². The number of hydrogen-bond acceptors (Lipinski definition) is 4. The number of nitro benzene ring substituents is 1. The summed E-state index contributed by atoms with van der Waals surface area (Å²) in [6.07, 6.45) is 0. The molecule has 0 amide bonds. The van der Waals surface area contributed by atoms with E-state index in [1.165, 1.54) is 12.1 Å². The van der Waals surface area contributed by atoms with E-state index >= 15 is 0 Å². The highest BCUT2D eigenvalue weighted by Crippen LogP contribution is 2.25. The number of non-ortho nitro benzene ring substituents is 1. The normalized spacial score (nSPS) is 9.00. The number of carbonyl (C=O) groups excluding carboxylic acids is 1. The molecule has 0 spiro atoms. The molecule has 6 nitrogen and oxygen atoms in total. The van der Waals surface area contributed by atoms with Gasteiger partial charge >= 0.3 is 0 Å². The van der Waals surface area contributed by atoms with Gasteiger partial charge in [-0.3, -0.25) is 14.9 Å². The van der Waals surface area contributed by atoms with Crippen molar-refractivity contribution in [2.24, 2.45) is 0 Å². The predicted octanol–water partition coefficient (Wildman–Crippen LogP) is 1.82. The predicted molar refractivity (Wildman–Crippen MR) is 50.2 cm³/mol. The van der Waals surface area contributed by atoms with E-state index in [2.05, 4.69) is 9.58 Å². The van der Waals surface area contributed by atoms with Gasteiger partial charge in [0, 0.05) is 12.1 Å². The molecule has 76 valence electrons. The molecule has 0 aliphatic carbocycles. The minimum absolute atomic E-state index is 0.0563. The Balaban J connectivity index is 3.05. The summed E-state index contributed by atoms with van der Waals surface area (Å²) in [6, 6.07) is 3.81. The number of rotatable bonds is 4. The van der Waals surface area contributed by atoms with Gasteiger partial charge in [0.2, 0.25) is 0 Å². The molecule has 15 heavy (non-hydrogen) atoms. The lowest BCUT2D eigenvalue weighted by Crippen LogP contribution is -1.92. The molecule has 0 aliphatic heterocycles. The van der Waals surface area contributed by atoms with E-state index in [-0.39, 0.29) is 24.5 Å². The Kier molecular flexibility index (Phi) is 3.35. The summed E-state index contributed by atoms with van der Waals surface area (Å²) in [7, 11) is 0. The first kappa shape index (κ1) is 10.7. The Morgan fingerprint density at radius 3 is 2.87 bits per heavy atom. The Bertz CT molecular complexity index is 436. The molecule has 0 saturated heterocycles. The van der Waals surface area contributed by atoms with E-state index < -0.39 is 4.92 Å². The van der Waals surface area contributed by atoms with Gasteiger partial charge in [0.25, 0.3) is 12.2 Å². The van der Waals surface area contributed by atoms with Crippen molar-refractivity contribution >= 4 is 17.8 Å². The second-order valence-electron chi connectivity index (χ2n) is 2.59. The lowest BCUT2D eigenvalue weighted by atomic mass is 10.2. The van der Waals surface area contributed by atoms with Crippen LogP contribution >= 0.6 is 0 Å². The molecule has 0 N–H and O–H groups in total. The van der Waals surface area contributed by atoms with Crippen molar-refractivity contribution in [3.63, 3.8) is 0 Å². The number of carbonyl (C=O) groups is 1. The molecule has 0 saturated carbocycles. The summed E-state index contributed by atoms with van der Waals surface area (Å²) in [5.74, 6) is 0. The number of benzene rings is 1. The maximum absolute atomic E-state index is 10.4. The molecule has 0 aromatic heterocycles. The largest absolute Gasteiger partial charge is 0.464 e. The van der Waals surface area contributed by atoms with Crippen molar-refractivity contribution in [1.29, 1.82) is 0 Å². The van der Waals surface area contributed by atoms with Crippen LogP contribution in [0.2, 0.25) is 0 Å². The zero-order valence-electron chi connectivity index (χ0n) is 7.54. The van der Waals surface area contributed by atoms with Crippen molar-refractivity contribution in [3.05, 3.63) is 45.3 Å². The van der Waals surface area contributed by atoms with Crippen molar-refractivity contribution < 1.29 is 14.5 Å². The zero-order chi connectivity index (χ0) is 11.3. The van der Waals surface area contributed by atoms with Crippen LogP contribution in [-0.2, 0) is 16.1 Å². The van der Waals surface area contributed by atoms with Crippen LogP contribution in [0, 0.1) is 16.7 Å². The van der Waals surface area contributed by atoms with Crippen LogP contribution in [0.4, 0.5) is 11.4 Å². The molecule has 1 aromatic carbocycles. The van der Waals surface area contributed by atoms with Gasteiger partial charge in [-0.1, -0.05) is 6.07 Å². The Morgan fingerprint density at radius 2 is 2.33 bits per heavy atom. The molecule has 0 fully saturated rings. The summed E-state index contributed by atoms with van der Waals surface area (Å²) in [5.41, 5.74) is 0.407. The van der Waals surface area contributed by atoms with Crippen molar-refractivity contribution in [3.8, 4) is 0 Å². The third kappa shape index (κ3) is 2.51. The van der Waals surface area contributed by atoms with E-state index in [0.717, 1.165) is 6.07 Å². The highest BCUT2D eigenvalue weighted by atomic mass is 16.6. The maximum atomic E-state index is 10.4. The fourth-order valence-electron chi connectivity index (χ4n) is 1.02. The third-order valence-corrected chi connectivity index (χ3v) is 1.71. The maximum Gasteiger partial charge on any atom is 0.293 e. The molecule has 0 radical (unpaired) electrons. The minimum atomic E-state index is -0.584. The second-order valence-corrected chi connectivity index (χ2v) is 2.59. The first-order valence-electron chi connectivity index (χ1n) is 3.89. The number of nitro groups is 1. The number of hydrogen-bond donors (Lipinski definition) is 0. The first-order chi connectivity index (χ1) is 7.19. The van der Waals surface area contributed by atoms with Crippen LogP contribution in [0.15, 0.2) is 18.2 Å². The van der Waals surface area contributed by atoms with Crippen LogP contribution in [0.5, 0.6) is 0 Å². The second kappa shape index (κ2) is 4.72. The SMILES string of the molecule is [C-]#[N+]c1cc([N+](=O)[O-])ccc1COC=O. The molecular formula is C9H6N2O4. The smallest absolute Gasteiger partial charge is 0.293 e. The minimum Gasteiger partial charge on any atom is -0.464 e. The molecule has 0 atom stereocenters. The lowest BCUT2D eigenvalue weighted by Gasteiger charge is -2.01. The number of nitrogens with zero attached hydrogens (tertiary/aromatic N) is 2. The first-order valence-corrected chi connectivity index (χ1v) is 3.89. The summed E-state index contributed by atoms with van der Waals surface area (Å²) in [6.45, 7) is 7.02. The lowest BCUT2D eigenvalue weighted by molar-refractivity contribution is -0.384. The van der Waals surface area contributed by atoms with Crippen LogP contribution in [0.25, 0.3) is 4.85 Å². The fraction of sp³-hybridized carbons (Fsp3) is 0.111. The topological polar surface area (TPSA) is 73.8 Å². The zero-order valence-corrected chi connectivity index (χ0v) is 7.54. The van der Waals surface area contributed by atoms with E-state index in [4.69, 9.17) is 6.57 Å². The molecular weight excluding hydrogens is 200 g/mol. The Labute approximate surface area is 85.1 Å². The van der Waals surface area contributed by atoms with Gasteiger partial charge in [0.15, 0.2) is 5.69 Å². The van der Waals surface area contributed by atoms with E-state index in [1.54, 1.807) is 0 Å². The third-order valence-electron chi connectivity index (χ3n) is 1.71. The molecule has 0 aliphatic rings. The van der Waals surface area contributed by atoms with Gasteiger partial charge in [-0.2, -0.15) is 0 Å². The molecule has 0 heterocycles. The molecule has 1 aromatic rings. The van der Waals surface area contributed by atoms with Gasteiger partial charge < -0.3 is 4.74 Å². The summed E-state index contributed by atoms with van der Waals surface area (Å²) >= 11 is 0. The highest BCUT2D eigenvalue weighted by molar-refractivity contribution is 5.58. The quantitative estimate of drug-likeness (QED) is 0.326. The van der Waals surface area contributed by atoms with Crippen LogP contribution in [0.3, 0.4) is 0 Å². The van der Waals surface area contributed by atoms with Crippen molar-refractivity contribution in [1.82, 2.24) is 0 Å². The standard InChI is InChI=1S/C9H6N2O4/c1-10-9-4-8(11(13)14)3-2-7(9)5-15-6-12/h2-4,6H,5H2. The van der Waals surface area contributed by atoms with Gasteiger partial charge in [-0.25, -0.2) is 4.85 Å². The van der Waals surface area contributed by atoms with Gasteiger partial charge in [-0.15, -0.1) is 0 Å². The van der Waals surface area contributed by atoms with Gasteiger partial charge in [0.05, 0.1) is 11.5 Å². The van der Waals surface area contributed by atoms with E-state index in [1.807, 2.05) is 0 Å². The molecule has 6 heteroatoms. The summed E-state index contributed by atoms with van der Waals surface area (Å²) < 4.78 is 4.47. The molecule has 0 bridgehead atoms. The van der Waals surface area contributed by atoms with Crippen LogP contribution < -0.4 is 0 Å². The summed E-state index contributed by atoms with van der Waals surface area (Å²) in [5, 5.41) is 10.4. The van der Waals surface area contributed by atoms with Gasteiger partial charge in [0.1, 0.15) is 6.61 Å². The molecule has 0 unspecified atom stereocenters. The van der Waals surface area contributed by atoms with Crippen LogP contribution in [0.1, 0.15) is 5.56 Å². The van der Waals surface area contributed by atoms with Crippen LogP contribution in [-0.4, -0.2) is 11.4 Å². The average molecular weight is 206 g/mol. The van der Waals surface area contributed by atoms with E-state index in [9.17, 15) is 14.9 Å². The van der Waals surface area contributed by atoms with Crippen molar-refractivity contribution in [2.75, 3.05) is 0 Å². The summed E-state index contributed by atoms with van der Waals surface area (Å²) in [4.78, 5) is 22.9. The Hall–Kier alpha value is -2.42. The van der Waals surface area contributed by atoms with Crippen molar-refractivity contribution in [2.45, 2.75) is 6.61 Å². The van der Waals surface area contributed by atoms with Gasteiger partial charge in [-0.05, 0) is 5.56 Å². The Morgan fingerprint density at radius 1 is 1.60 bits per heavy atom. The fourth-order valence-corrected chi connectivity index (χ4v) is 1.02. The molecule has 1 rings (SSSR count).